The maximum Gasteiger partial charge on any atom is 0.325 e. The summed E-state index contributed by atoms with van der Waals surface area (Å²) in [6.07, 6.45) is 0. The Balaban J connectivity index is 2.20. The molecule has 0 fully saturated rings. The summed E-state index contributed by atoms with van der Waals surface area (Å²) < 4.78 is 4.52. The third kappa shape index (κ3) is 1.44. The van der Waals surface area contributed by atoms with Crippen LogP contribution < -0.4 is 0 Å². The molecular formula is C15H10O3. The number of rotatable bonds is 2. The Morgan fingerprint density at radius 1 is 0.944 bits per heavy atom. The molecule has 0 unspecified atom stereocenters. The van der Waals surface area contributed by atoms with Crippen molar-refractivity contribution in [3.63, 3.8) is 0 Å². The summed E-state index contributed by atoms with van der Waals surface area (Å²) in [5, 5.41) is 0. The van der Waals surface area contributed by atoms with Crippen molar-refractivity contribution >= 4 is 12.4 Å². The number of carbonyl (C=O) groups excluding carboxylic acids is 2. The molecule has 1 aliphatic rings. The van der Waals surface area contributed by atoms with Crippen LogP contribution in [0.2, 0.25) is 0 Å². The fourth-order valence-corrected chi connectivity index (χ4v) is 2.52. The molecule has 0 saturated heterocycles. The zero-order valence-electron chi connectivity index (χ0n) is 9.50. The van der Waals surface area contributed by atoms with Gasteiger partial charge in [0, 0.05) is 0 Å². The average Bonchev–Trinajstić information content (AvgIpc) is 2.73. The summed E-state index contributed by atoms with van der Waals surface area (Å²) in [5.41, 5.74) is 3.85. The first-order valence-electron chi connectivity index (χ1n) is 5.65. The van der Waals surface area contributed by atoms with Gasteiger partial charge in [0.1, 0.15) is 5.92 Å². The molecule has 3 nitrogen and oxygen atoms in total. The van der Waals surface area contributed by atoms with Gasteiger partial charge in [-0.1, -0.05) is 48.5 Å². The highest BCUT2D eigenvalue weighted by Gasteiger charge is 2.34. The lowest BCUT2D eigenvalue weighted by molar-refractivity contribution is -0.151. The lowest BCUT2D eigenvalue weighted by atomic mass is 9.97. The topological polar surface area (TPSA) is 43.4 Å². The molecule has 3 heteroatoms. The SMILES string of the molecule is O=COC(=O)C1c2ccccc2-c2ccccc21. The highest BCUT2D eigenvalue weighted by Crippen LogP contribution is 2.44. The highest BCUT2D eigenvalue weighted by atomic mass is 16.6. The minimum absolute atomic E-state index is 0.186. The molecule has 3 rings (SSSR count). The van der Waals surface area contributed by atoms with Gasteiger partial charge in [-0.2, -0.15) is 0 Å². The van der Waals surface area contributed by atoms with Crippen molar-refractivity contribution in [2.45, 2.75) is 5.92 Å². The molecular weight excluding hydrogens is 228 g/mol. The largest absolute Gasteiger partial charge is 0.395 e. The Labute approximate surface area is 104 Å². The predicted molar refractivity (Wildman–Crippen MR) is 65.9 cm³/mol. The van der Waals surface area contributed by atoms with E-state index in [-0.39, 0.29) is 6.47 Å². The Hall–Kier alpha value is -2.42. The van der Waals surface area contributed by atoms with E-state index in [1.807, 2.05) is 48.5 Å². The Morgan fingerprint density at radius 2 is 1.44 bits per heavy atom. The Bertz CT molecular complexity index is 586. The molecule has 2 aromatic rings. The molecule has 2 aromatic carbocycles. The Kier molecular flexibility index (Phi) is 2.45. The molecule has 1 aliphatic carbocycles. The molecule has 0 heterocycles. The van der Waals surface area contributed by atoms with Gasteiger partial charge in [-0.15, -0.1) is 0 Å². The van der Waals surface area contributed by atoms with Gasteiger partial charge in [-0.25, -0.2) is 0 Å². The van der Waals surface area contributed by atoms with Crippen LogP contribution in [0, 0.1) is 0 Å². The van der Waals surface area contributed by atoms with Crippen LogP contribution in [0.5, 0.6) is 0 Å². The fourth-order valence-electron chi connectivity index (χ4n) is 2.52. The maximum atomic E-state index is 11.9. The van der Waals surface area contributed by atoms with E-state index >= 15 is 0 Å². The van der Waals surface area contributed by atoms with E-state index in [4.69, 9.17) is 0 Å². The van der Waals surface area contributed by atoms with Gasteiger partial charge >= 0.3 is 12.4 Å². The molecule has 0 bridgehead atoms. The first kappa shape index (κ1) is 10.7. The van der Waals surface area contributed by atoms with Crippen molar-refractivity contribution in [2.24, 2.45) is 0 Å². The van der Waals surface area contributed by atoms with Crippen molar-refractivity contribution in [1.82, 2.24) is 0 Å². The van der Waals surface area contributed by atoms with Gasteiger partial charge in [0.05, 0.1) is 0 Å². The van der Waals surface area contributed by atoms with Gasteiger partial charge < -0.3 is 4.74 Å². The van der Waals surface area contributed by atoms with Crippen LogP contribution in [0.4, 0.5) is 0 Å². The van der Waals surface area contributed by atoms with E-state index in [0.29, 0.717) is 0 Å². The van der Waals surface area contributed by atoms with Gasteiger partial charge in [0.25, 0.3) is 0 Å². The van der Waals surface area contributed by atoms with Crippen molar-refractivity contribution in [3.05, 3.63) is 59.7 Å². The van der Waals surface area contributed by atoms with Gasteiger partial charge in [-0.3, -0.25) is 9.59 Å². The summed E-state index contributed by atoms with van der Waals surface area (Å²) >= 11 is 0. The van der Waals surface area contributed by atoms with Gasteiger partial charge in [0.15, 0.2) is 0 Å². The van der Waals surface area contributed by atoms with Crippen LogP contribution in [-0.2, 0) is 14.3 Å². The molecule has 18 heavy (non-hydrogen) atoms. The molecule has 0 aromatic heterocycles. The summed E-state index contributed by atoms with van der Waals surface area (Å²) in [6.45, 7) is 0.186. The third-order valence-corrected chi connectivity index (χ3v) is 3.23. The van der Waals surface area contributed by atoms with Crippen LogP contribution in [0.25, 0.3) is 11.1 Å². The second-order valence-electron chi connectivity index (χ2n) is 4.14. The second kappa shape index (κ2) is 4.11. The van der Waals surface area contributed by atoms with E-state index in [0.717, 1.165) is 22.3 Å². The molecule has 0 saturated carbocycles. The summed E-state index contributed by atoms with van der Waals surface area (Å²) in [4.78, 5) is 22.3. The molecule has 88 valence electrons. The molecule has 0 atom stereocenters. The van der Waals surface area contributed by atoms with Crippen LogP contribution >= 0.6 is 0 Å². The zero-order chi connectivity index (χ0) is 12.5. The van der Waals surface area contributed by atoms with Crippen molar-refractivity contribution in [2.75, 3.05) is 0 Å². The number of benzene rings is 2. The van der Waals surface area contributed by atoms with Crippen LogP contribution in [0.1, 0.15) is 17.0 Å². The van der Waals surface area contributed by atoms with E-state index < -0.39 is 11.9 Å². The third-order valence-electron chi connectivity index (χ3n) is 3.23. The second-order valence-corrected chi connectivity index (χ2v) is 4.14. The van der Waals surface area contributed by atoms with Crippen LogP contribution in [-0.4, -0.2) is 12.4 Å². The zero-order valence-corrected chi connectivity index (χ0v) is 9.50. The van der Waals surface area contributed by atoms with Crippen LogP contribution in [0.15, 0.2) is 48.5 Å². The monoisotopic (exact) mass is 238 g/mol. The first-order chi connectivity index (χ1) is 8.83. The van der Waals surface area contributed by atoms with Crippen molar-refractivity contribution < 1.29 is 14.3 Å². The highest BCUT2D eigenvalue weighted by molar-refractivity contribution is 5.95. The number of hydrogen-bond acceptors (Lipinski definition) is 3. The molecule has 0 radical (unpaired) electrons. The minimum Gasteiger partial charge on any atom is -0.395 e. The quantitative estimate of drug-likeness (QED) is 0.458. The lowest BCUT2D eigenvalue weighted by Crippen LogP contribution is -2.14. The molecule has 0 spiro atoms. The predicted octanol–water partition coefficient (Wildman–Crippen LogP) is 2.50. The number of ether oxygens (including phenoxy) is 1. The number of fused-ring (bicyclic) bond motifs is 3. The minimum atomic E-state index is -0.526. The summed E-state index contributed by atoms with van der Waals surface area (Å²) in [5.74, 6) is -1.02. The number of hydrogen-bond donors (Lipinski definition) is 0. The molecule has 0 N–H and O–H groups in total. The number of carbonyl (C=O) groups is 2. The fraction of sp³-hybridized carbons (Fsp3) is 0.0667. The summed E-state index contributed by atoms with van der Waals surface area (Å²) in [6, 6.07) is 15.4. The van der Waals surface area contributed by atoms with Crippen molar-refractivity contribution in [3.8, 4) is 11.1 Å². The van der Waals surface area contributed by atoms with E-state index in [9.17, 15) is 9.59 Å². The van der Waals surface area contributed by atoms with Gasteiger partial charge in [0.2, 0.25) is 0 Å². The lowest BCUT2D eigenvalue weighted by Gasteiger charge is -2.09. The smallest absolute Gasteiger partial charge is 0.325 e. The first-order valence-corrected chi connectivity index (χ1v) is 5.65. The van der Waals surface area contributed by atoms with Crippen molar-refractivity contribution in [1.29, 1.82) is 0 Å². The molecule has 0 aliphatic heterocycles. The average molecular weight is 238 g/mol. The maximum absolute atomic E-state index is 11.9. The standard InChI is InChI=1S/C15H10O3/c16-9-18-15(17)14-12-7-3-1-5-10(12)11-6-2-4-8-13(11)14/h1-9,14H. The van der Waals surface area contributed by atoms with Gasteiger partial charge in [-0.05, 0) is 22.3 Å². The van der Waals surface area contributed by atoms with E-state index in [2.05, 4.69) is 4.74 Å². The summed E-state index contributed by atoms with van der Waals surface area (Å²) in [7, 11) is 0. The number of esters is 1. The van der Waals surface area contributed by atoms with E-state index in [1.165, 1.54) is 0 Å². The molecule has 0 amide bonds. The Morgan fingerprint density at radius 3 is 1.94 bits per heavy atom. The van der Waals surface area contributed by atoms with Crippen LogP contribution in [0.3, 0.4) is 0 Å². The van der Waals surface area contributed by atoms with E-state index in [1.54, 1.807) is 0 Å². The normalized spacial score (nSPS) is 12.7.